The molecule has 0 saturated carbocycles. The highest BCUT2D eigenvalue weighted by atomic mass is 19.1. The van der Waals surface area contributed by atoms with E-state index >= 15 is 0 Å². The SMILES string of the molecule is CNC(C)CNC(=O)C(C)c1ccccc1F. The van der Waals surface area contributed by atoms with Gasteiger partial charge in [-0.05, 0) is 32.5 Å². The van der Waals surface area contributed by atoms with Crippen molar-refractivity contribution in [2.24, 2.45) is 0 Å². The number of rotatable bonds is 5. The normalized spacial score (nSPS) is 14.1. The van der Waals surface area contributed by atoms with Crippen LogP contribution in [0.5, 0.6) is 0 Å². The summed E-state index contributed by atoms with van der Waals surface area (Å²) in [6.07, 6.45) is 0. The average molecular weight is 238 g/mol. The van der Waals surface area contributed by atoms with E-state index in [1.54, 1.807) is 25.1 Å². The predicted molar refractivity (Wildman–Crippen MR) is 66.3 cm³/mol. The number of carbonyl (C=O) groups is 1. The Morgan fingerprint density at radius 2 is 2.00 bits per heavy atom. The molecule has 2 unspecified atom stereocenters. The van der Waals surface area contributed by atoms with E-state index in [-0.39, 0.29) is 17.8 Å². The molecule has 94 valence electrons. The van der Waals surface area contributed by atoms with Gasteiger partial charge in [0, 0.05) is 12.6 Å². The second kappa shape index (κ2) is 6.35. The second-order valence-electron chi connectivity index (χ2n) is 4.18. The fourth-order valence-electron chi connectivity index (χ4n) is 1.48. The van der Waals surface area contributed by atoms with Crippen LogP contribution in [0, 0.1) is 5.82 Å². The van der Waals surface area contributed by atoms with E-state index in [1.807, 2.05) is 14.0 Å². The van der Waals surface area contributed by atoms with Crippen LogP contribution in [0.25, 0.3) is 0 Å². The first-order chi connectivity index (χ1) is 8.06. The molecule has 0 fully saturated rings. The third-order valence-corrected chi connectivity index (χ3v) is 2.84. The van der Waals surface area contributed by atoms with Crippen molar-refractivity contribution in [1.82, 2.24) is 10.6 Å². The van der Waals surface area contributed by atoms with Gasteiger partial charge in [-0.15, -0.1) is 0 Å². The molecule has 4 heteroatoms. The fourth-order valence-corrected chi connectivity index (χ4v) is 1.48. The average Bonchev–Trinajstić information content (AvgIpc) is 2.35. The molecule has 0 aliphatic carbocycles. The van der Waals surface area contributed by atoms with E-state index in [4.69, 9.17) is 0 Å². The third kappa shape index (κ3) is 3.82. The van der Waals surface area contributed by atoms with Crippen molar-refractivity contribution < 1.29 is 9.18 Å². The smallest absolute Gasteiger partial charge is 0.227 e. The molecule has 0 aromatic heterocycles. The topological polar surface area (TPSA) is 41.1 Å². The molecule has 1 rings (SSSR count). The van der Waals surface area contributed by atoms with Crippen molar-refractivity contribution in [3.05, 3.63) is 35.6 Å². The van der Waals surface area contributed by atoms with Crippen molar-refractivity contribution in [3.63, 3.8) is 0 Å². The molecular formula is C13H19FN2O. The molecule has 0 bridgehead atoms. The Labute approximate surface area is 101 Å². The van der Waals surface area contributed by atoms with Gasteiger partial charge in [0.05, 0.1) is 5.92 Å². The van der Waals surface area contributed by atoms with Crippen LogP contribution in [-0.2, 0) is 4.79 Å². The maximum absolute atomic E-state index is 13.5. The van der Waals surface area contributed by atoms with Gasteiger partial charge in [-0.2, -0.15) is 0 Å². The molecular weight excluding hydrogens is 219 g/mol. The van der Waals surface area contributed by atoms with Crippen LogP contribution in [-0.4, -0.2) is 25.5 Å². The Hall–Kier alpha value is -1.42. The Morgan fingerprint density at radius 3 is 2.59 bits per heavy atom. The van der Waals surface area contributed by atoms with Crippen molar-refractivity contribution in [1.29, 1.82) is 0 Å². The maximum atomic E-state index is 13.5. The lowest BCUT2D eigenvalue weighted by Crippen LogP contribution is -2.38. The van der Waals surface area contributed by atoms with Gasteiger partial charge in [-0.3, -0.25) is 4.79 Å². The van der Waals surface area contributed by atoms with E-state index in [0.29, 0.717) is 12.1 Å². The minimum Gasteiger partial charge on any atom is -0.354 e. The van der Waals surface area contributed by atoms with Gasteiger partial charge >= 0.3 is 0 Å². The van der Waals surface area contributed by atoms with Crippen molar-refractivity contribution in [3.8, 4) is 0 Å². The first-order valence-electron chi connectivity index (χ1n) is 5.75. The quantitative estimate of drug-likeness (QED) is 0.819. The summed E-state index contributed by atoms with van der Waals surface area (Å²) < 4.78 is 13.5. The molecule has 0 aliphatic heterocycles. The molecule has 0 spiro atoms. The minimum atomic E-state index is -0.472. The van der Waals surface area contributed by atoms with Gasteiger partial charge in [-0.25, -0.2) is 4.39 Å². The van der Waals surface area contributed by atoms with Gasteiger partial charge in [0.2, 0.25) is 5.91 Å². The lowest BCUT2D eigenvalue weighted by molar-refractivity contribution is -0.122. The van der Waals surface area contributed by atoms with Crippen LogP contribution in [0.2, 0.25) is 0 Å². The number of carbonyl (C=O) groups excluding carboxylic acids is 1. The highest BCUT2D eigenvalue weighted by Crippen LogP contribution is 2.18. The van der Waals surface area contributed by atoms with E-state index in [0.717, 1.165) is 0 Å². The van der Waals surface area contributed by atoms with Gasteiger partial charge in [0.15, 0.2) is 0 Å². The summed E-state index contributed by atoms with van der Waals surface area (Å²) in [6.45, 7) is 4.21. The van der Waals surface area contributed by atoms with Crippen LogP contribution in [0.4, 0.5) is 4.39 Å². The number of halogens is 1. The summed E-state index contributed by atoms with van der Waals surface area (Å²) in [5.74, 6) is -0.964. The van der Waals surface area contributed by atoms with Crippen molar-refractivity contribution in [2.75, 3.05) is 13.6 Å². The van der Waals surface area contributed by atoms with Gasteiger partial charge in [-0.1, -0.05) is 18.2 Å². The van der Waals surface area contributed by atoms with E-state index in [2.05, 4.69) is 10.6 Å². The molecule has 1 aromatic carbocycles. The van der Waals surface area contributed by atoms with Crippen LogP contribution in [0.3, 0.4) is 0 Å². The van der Waals surface area contributed by atoms with E-state index in [9.17, 15) is 9.18 Å². The second-order valence-corrected chi connectivity index (χ2v) is 4.18. The Morgan fingerprint density at radius 1 is 1.35 bits per heavy atom. The molecule has 17 heavy (non-hydrogen) atoms. The van der Waals surface area contributed by atoms with Gasteiger partial charge in [0.25, 0.3) is 0 Å². The number of nitrogens with one attached hydrogen (secondary N) is 2. The predicted octanol–water partition coefficient (Wildman–Crippen LogP) is 1.65. The summed E-state index contributed by atoms with van der Waals surface area (Å²) in [6, 6.07) is 6.56. The summed E-state index contributed by atoms with van der Waals surface area (Å²) in [5, 5.41) is 5.81. The van der Waals surface area contributed by atoms with Crippen molar-refractivity contribution >= 4 is 5.91 Å². The summed E-state index contributed by atoms with van der Waals surface area (Å²) in [5.41, 5.74) is 0.433. The first kappa shape index (κ1) is 13.6. The maximum Gasteiger partial charge on any atom is 0.227 e. The molecule has 1 aromatic rings. The largest absolute Gasteiger partial charge is 0.354 e. The van der Waals surface area contributed by atoms with Crippen molar-refractivity contribution in [2.45, 2.75) is 25.8 Å². The van der Waals surface area contributed by atoms with Gasteiger partial charge < -0.3 is 10.6 Å². The Kier molecular flexibility index (Phi) is 5.10. The van der Waals surface area contributed by atoms with E-state index < -0.39 is 5.92 Å². The number of amides is 1. The highest BCUT2D eigenvalue weighted by molar-refractivity contribution is 5.83. The molecule has 0 aliphatic rings. The zero-order chi connectivity index (χ0) is 12.8. The number of hydrogen-bond acceptors (Lipinski definition) is 2. The first-order valence-corrected chi connectivity index (χ1v) is 5.75. The Balaban J connectivity index is 2.61. The molecule has 3 nitrogen and oxygen atoms in total. The highest BCUT2D eigenvalue weighted by Gasteiger charge is 2.18. The lowest BCUT2D eigenvalue weighted by atomic mass is 10.00. The van der Waals surface area contributed by atoms with Crippen LogP contribution < -0.4 is 10.6 Å². The minimum absolute atomic E-state index is 0.155. The van der Waals surface area contributed by atoms with Crippen LogP contribution >= 0.6 is 0 Å². The Bertz CT molecular complexity index is 381. The van der Waals surface area contributed by atoms with Crippen LogP contribution in [0.15, 0.2) is 24.3 Å². The molecule has 2 N–H and O–H groups in total. The number of hydrogen-bond donors (Lipinski definition) is 2. The monoisotopic (exact) mass is 238 g/mol. The van der Waals surface area contributed by atoms with E-state index in [1.165, 1.54) is 6.07 Å². The number of benzene rings is 1. The molecule has 2 atom stereocenters. The number of likely N-dealkylation sites (N-methyl/N-ethyl adjacent to an activating group) is 1. The fraction of sp³-hybridized carbons (Fsp3) is 0.462. The molecule has 0 saturated heterocycles. The summed E-state index contributed by atoms with van der Waals surface area (Å²) in [4.78, 5) is 11.8. The zero-order valence-corrected chi connectivity index (χ0v) is 10.5. The lowest BCUT2D eigenvalue weighted by Gasteiger charge is -2.16. The molecule has 0 heterocycles. The molecule has 0 radical (unpaired) electrons. The summed E-state index contributed by atoms with van der Waals surface area (Å²) >= 11 is 0. The third-order valence-electron chi connectivity index (χ3n) is 2.84. The standard InChI is InChI=1S/C13H19FN2O/c1-9(15-3)8-16-13(17)10(2)11-6-4-5-7-12(11)14/h4-7,9-10,15H,8H2,1-3H3,(H,16,17). The van der Waals surface area contributed by atoms with Crippen LogP contribution in [0.1, 0.15) is 25.3 Å². The molecule has 1 amide bonds. The van der Waals surface area contributed by atoms with Gasteiger partial charge in [0.1, 0.15) is 5.82 Å². The zero-order valence-electron chi connectivity index (χ0n) is 10.5. The summed E-state index contributed by atoms with van der Waals surface area (Å²) in [7, 11) is 1.83.